The monoisotopic (exact) mass is 471 g/mol. The topological polar surface area (TPSA) is 84.7 Å². The fourth-order valence-electron chi connectivity index (χ4n) is 4.49. The number of hydrogen-bond acceptors (Lipinski definition) is 4. The van der Waals surface area contributed by atoms with Crippen LogP contribution in [0.3, 0.4) is 0 Å². The molecule has 4 rings (SSSR count). The number of carbonyl (C=O) groups is 2. The van der Waals surface area contributed by atoms with Gasteiger partial charge in [0.1, 0.15) is 5.75 Å². The maximum Gasteiger partial charge on any atom is 0.254 e. The van der Waals surface area contributed by atoms with Gasteiger partial charge in [-0.2, -0.15) is 0 Å². The zero-order chi connectivity index (χ0) is 21.4. The molecule has 2 aliphatic rings. The van der Waals surface area contributed by atoms with Crippen LogP contribution in [0.1, 0.15) is 47.2 Å². The van der Waals surface area contributed by atoms with E-state index in [2.05, 4.69) is 21.2 Å². The highest BCUT2D eigenvalue weighted by atomic mass is 79.9. The van der Waals surface area contributed by atoms with Crippen LogP contribution in [0.15, 0.2) is 34.8 Å². The van der Waals surface area contributed by atoms with Crippen LogP contribution in [0.5, 0.6) is 5.75 Å². The third kappa shape index (κ3) is 3.90. The summed E-state index contributed by atoms with van der Waals surface area (Å²) < 4.78 is 6.22. The van der Waals surface area contributed by atoms with Crippen molar-refractivity contribution in [3.05, 3.63) is 51.5 Å². The molecule has 2 amide bonds. The number of nitrogens with one attached hydrogen (secondary N) is 1. The van der Waals surface area contributed by atoms with Gasteiger partial charge in [-0.15, -0.1) is 0 Å². The van der Waals surface area contributed by atoms with Crippen LogP contribution < -0.4 is 15.8 Å². The number of halogens is 1. The van der Waals surface area contributed by atoms with Crippen molar-refractivity contribution in [1.82, 2.24) is 4.90 Å². The van der Waals surface area contributed by atoms with Gasteiger partial charge in [-0.05, 0) is 61.9 Å². The first-order chi connectivity index (χ1) is 14.4. The predicted molar refractivity (Wildman–Crippen MR) is 121 cm³/mol. The molecule has 0 radical (unpaired) electrons. The summed E-state index contributed by atoms with van der Waals surface area (Å²) >= 11 is 3.53. The molecule has 1 heterocycles. The smallest absolute Gasteiger partial charge is 0.254 e. The first kappa shape index (κ1) is 20.7. The van der Waals surface area contributed by atoms with Gasteiger partial charge in [-0.25, -0.2) is 0 Å². The first-order valence-corrected chi connectivity index (χ1v) is 11.0. The summed E-state index contributed by atoms with van der Waals surface area (Å²) in [5.74, 6) is 0.787. The molecule has 0 spiro atoms. The van der Waals surface area contributed by atoms with Gasteiger partial charge in [-0.1, -0.05) is 22.0 Å². The molecule has 0 unspecified atom stereocenters. The Hall–Kier alpha value is -2.54. The summed E-state index contributed by atoms with van der Waals surface area (Å²) in [6.45, 7) is 2.57. The maximum atomic E-state index is 12.9. The highest BCUT2D eigenvalue weighted by molar-refractivity contribution is 9.10. The van der Waals surface area contributed by atoms with E-state index < -0.39 is 0 Å². The van der Waals surface area contributed by atoms with Gasteiger partial charge in [0.05, 0.1) is 7.11 Å². The van der Waals surface area contributed by atoms with Crippen LogP contribution in [-0.4, -0.2) is 29.9 Å². The largest absolute Gasteiger partial charge is 0.496 e. The molecule has 0 saturated heterocycles. The Balaban J connectivity index is 1.37. The maximum absolute atomic E-state index is 12.9. The van der Waals surface area contributed by atoms with E-state index in [1.165, 1.54) is 0 Å². The fourth-order valence-corrected chi connectivity index (χ4v) is 5.10. The van der Waals surface area contributed by atoms with Crippen molar-refractivity contribution in [3.8, 4) is 5.75 Å². The molecule has 7 heteroatoms. The van der Waals surface area contributed by atoms with E-state index >= 15 is 0 Å². The zero-order valence-electron chi connectivity index (χ0n) is 17.2. The summed E-state index contributed by atoms with van der Waals surface area (Å²) in [5.41, 5.74) is 9.96. The molecule has 1 aliphatic heterocycles. The van der Waals surface area contributed by atoms with Crippen LogP contribution >= 0.6 is 15.9 Å². The fraction of sp³-hybridized carbons (Fsp3) is 0.391. The molecule has 6 nitrogen and oxygen atoms in total. The summed E-state index contributed by atoms with van der Waals surface area (Å²) in [4.78, 5) is 27.6. The van der Waals surface area contributed by atoms with Gasteiger partial charge < -0.3 is 20.7 Å². The van der Waals surface area contributed by atoms with Gasteiger partial charge in [0, 0.05) is 46.0 Å². The number of rotatable bonds is 4. The molecular formula is C23H26BrN3O3. The molecular weight excluding hydrogens is 446 g/mol. The Morgan fingerprint density at radius 2 is 1.93 bits per heavy atom. The molecule has 3 N–H and O–H groups in total. The molecule has 1 fully saturated rings. The van der Waals surface area contributed by atoms with E-state index in [0.717, 1.165) is 52.7 Å². The lowest BCUT2D eigenvalue weighted by atomic mass is 9.84. The molecule has 1 aliphatic carbocycles. The summed E-state index contributed by atoms with van der Waals surface area (Å²) in [5, 5.41) is 3.01. The lowest BCUT2D eigenvalue weighted by Gasteiger charge is -2.34. The number of anilines is 2. The second-order valence-corrected chi connectivity index (χ2v) is 9.00. The molecule has 0 atom stereocenters. The second kappa shape index (κ2) is 8.30. The number of nitrogen functional groups attached to an aromatic ring is 1. The van der Waals surface area contributed by atoms with E-state index in [4.69, 9.17) is 10.5 Å². The average molecular weight is 472 g/mol. The molecule has 158 valence electrons. The minimum absolute atomic E-state index is 0.0332. The van der Waals surface area contributed by atoms with Crippen LogP contribution in [0.4, 0.5) is 11.4 Å². The minimum atomic E-state index is -0.0454. The SMILES string of the molecule is COc1cc(NC(=O)C2CCC(N3Cc4c(Br)cc(N)cc4C3=O)CC2)ccc1C. The number of nitrogens with two attached hydrogens (primary N) is 1. The van der Waals surface area contributed by atoms with E-state index in [1.807, 2.05) is 36.1 Å². The van der Waals surface area contributed by atoms with Gasteiger partial charge in [0.15, 0.2) is 0 Å². The van der Waals surface area contributed by atoms with Crippen LogP contribution in [0.25, 0.3) is 0 Å². The van der Waals surface area contributed by atoms with Gasteiger partial charge in [0.2, 0.25) is 5.91 Å². The lowest BCUT2D eigenvalue weighted by Crippen LogP contribution is -2.40. The average Bonchev–Trinajstić information content (AvgIpc) is 3.06. The van der Waals surface area contributed by atoms with E-state index in [0.29, 0.717) is 17.8 Å². The van der Waals surface area contributed by atoms with Crippen molar-refractivity contribution >= 4 is 39.1 Å². The first-order valence-electron chi connectivity index (χ1n) is 10.2. The Kier molecular flexibility index (Phi) is 5.73. The molecule has 2 aromatic carbocycles. The Labute approximate surface area is 184 Å². The van der Waals surface area contributed by atoms with Gasteiger partial charge in [0.25, 0.3) is 5.91 Å². The number of carbonyl (C=O) groups excluding carboxylic acids is 2. The summed E-state index contributed by atoms with van der Waals surface area (Å²) in [6, 6.07) is 9.44. The number of fused-ring (bicyclic) bond motifs is 1. The summed E-state index contributed by atoms with van der Waals surface area (Å²) in [6.07, 6.45) is 3.18. The van der Waals surface area contributed by atoms with Crippen molar-refractivity contribution < 1.29 is 14.3 Å². The van der Waals surface area contributed by atoms with Gasteiger partial charge in [-0.3, -0.25) is 9.59 Å². The number of aryl methyl sites for hydroxylation is 1. The number of hydrogen-bond donors (Lipinski definition) is 2. The third-order valence-corrected chi connectivity index (χ3v) is 6.93. The van der Waals surface area contributed by atoms with Crippen molar-refractivity contribution in [3.63, 3.8) is 0 Å². The van der Waals surface area contributed by atoms with Crippen LogP contribution in [0.2, 0.25) is 0 Å². The van der Waals surface area contributed by atoms with Crippen LogP contribution in [-0.2, 0) is 11.3 Å². The number of amides is 2. The Bertz CT molecular complexity index is 999. The van der Waals surface area contributed by atoms with Crippen molar-refractivity contribution in [2.45, 2.75) is 45.2 Å². The molecule has 0 aromatic heterocycles. The second-order valence-electron chi connectivity index (χ2n) is 8.14. The number of benzene rings is 2. The zero-order valence-corrected chi connectivity index (χ0v) is 18.8. The molecule has 30 heavy (non-hydrogen) atoms. The van der Waals surface area contributed by atoms with E-state index in [1.54, 1.807) is 13.2 Å². The highest BCUT2D eigenvalue weighted by Crippen LogP contribution is 2.37. The Morgan fingerprint density at radius 1 is 1.20 bits per heavy atom. The number of methoxy groups -OCH3 is 1. The molecule has 1 saturated carbocycles. The normalized spacial score (nSPS) is 20.8. The highest BCUT2D eigenvalue weighted by Gasteiger charge is 2.37. The molecule has 2 aromatic rings. The van der Waals surface area contributed by atoms with E-state index in [-0.39, 0.29) is 23.8 Å². The minimum Gasteiger partial charge on any atom is -0.496 e. The standard InChI is InChI=1S/C23H26BrN3O3/c1-13-3-6-16(11-21(13)30-2)26-22(28)14-4-7-17(8-5-14)27-12-19-18(23(27)29)9-15(25)10-20(19)24/h3,6,9-11,14,17H,4-5,7-8,12,25H2,1-2H3,(H,26,28). The molecule has 0 bridgehead atoms. The van der Waals surface area contributed by atoms with Crippen LogP contribution in [0, 0.1) is 12.8 Å². The number of nitrogens with zero attached hydrogens (tertiary/aromatic N) is 1. The van der Waals surface area contributed by atoms with Crippen molar-refractivity contribution in [2.75, 3.05) is 18.2 Å². The lowest BCUT2D eigenvalue weighted by molar-refractivity contribution is -0.121. The quantitative estimate of drug-likeness (QED) is 0.642. The van der Waals surface area contributed by atoms with Crippen molar-refractivity contribution in [1.29, 1.82) is 0 Å². The van der Waals surface area contributed by atoms with E-state index in [9.17, 15) is 9.59 Å². The van der Waals surface area contributed by atoms with Gasteiger partial charge >= 0.3 is 0 Å². The Morgan fingerprint density at radius 3 is 2.63 bits per heavy atom. The number of ether oxygens (including phenoxy) is 1. The third-order valence-electron chi connectivity index (χ3n) is 6.22. The summed E-state index contributed by atoms with van der Waals surface area (Å²) in [7, 11) is 1.63. The van der Waals surface area contributed by atoms with Crippen molar-refractivity contribution in [2.24, 2.45) is 5.92 Å². The predicted octanol–water partition coefficient (Wildman–Crippen LogP) is 4.50.